The number of piperidine rings is 1. The second kappa shape index (κ2) is 4.67. The molecule has 0 atom stereocenters. The number of nitrogens with one attached hydrogen (secondary N) is 1. The summed E-state index contributed by atoms with van der Waals surface area (Å²) in [7, 11) is 0. The smallest absolute Gasteiger partial charge is 0.127 e. The predicted molar refractivity (Wildman–Crippen MR) is 56.8 cm³/mol. The van der Waals surface area contributed by atoms with Crippen LogP contribution in [0.4, 0.5) is 0 Å². The highest BCUT2D eigenvalue weighted by Gasteiger charge is 2.13. The van der Waals surface area contributed by atoms with E-state index in [0.717, 1.165) is 31.7 Å². The topological polar surface area (TPSA) is 21.3 Å². The van der Waals surface area contributed by atoms with Crippen LogP contribution in [0.3, 0.4) is 0 Å². The number of hydrogen-bond donors (Lipinski definition) is 1. The van der Waals surface area contributed by atoms with E-state index < -0.39 is 0 Å². The molecule has 3 heteroatoms. The number of benzene rings is 1. The first-order valence-corrected chi connectivity index (χ1v) is 5.27. The maximum atomic E-state index is 5.76. The van der Waals surface area contributed by atoms with E-state index in [2.05, 4.69) is 11.4 Å². The van der Waals surface area contributed by atoms with Gasteiger partial charge in [-0.05, 0) is 44.1 Å². The van der Waals surface area contributed by atoms with Crippen molar-refractivity contribution < 1.29 is 4.74 Å². The standard InChI is InChI=1S/C11H13ClNO/c12-9-1-3-10(4-2-9)14-11-5-7-13-8-6-11/h1-3,11,13H,5-8H2. The summed E-state index contributed by atoms with van der Waals surface area (Å²) >= 11 is 5.76. The maximum Gasteiger partial charge on any atom is 0.127 e. The molecule has 1 radical (unpaired) electrons. The van der Waals surface area contributed by atoms with Gasteiger partial charge >= 0.3 is 0 Å². The second-order valence-corrected chi connectivity index (χ2v) is 3.87. The first kappa shape index (κ1) is 9.81. The first-order chi connectivity index (χ1) is 6.84. The lowest BCUT2D eigenvalue weighted by molar-refractivity contribution is 0.162. The lowest BCUT2D eigenvalue weighted by atomic mass is 10.1. The molecule has 1 aromatic rings. The summed E-state index contributed by atoms with van der Waals surface area (Å²) < 4.78 is 5.76. The largest absolute Gasteiger partial charge is 0.490 e. The molecule has 1 aromatic carbocycles. The Labute approximate surface area is 89.2 Å². The summed E-state index contributed by atoms with van der Waals surface area (Å²) in [6.45, 7) is 2.08. The Balaban J connectivity index is 1.92. The quantitative estimate of drug-likeness (QED) is 0.809. The molecule has 0 saturated carbocycles. The van der Waals surface area contributed by atoms with Crippen LogP contribution in [0.1, 0.15) is 12.8 Å². The fourth-order valence-electron chi connectivity index (χ4n) is 1.56. The van der Waals surface area contributed by atoms with Gasteiger partial charge in [-0.2, -0.15) is 0 Å². The van der Waals surface area contributed by atoms with Crippen molar-refractivity contribution in [3.8, 4) is 5.75 Å². The van der Waals surface area contributed by atoms with E-state index in [-0.39, 0.29) is 0 Å². The molecule has 0 bridgehead atoms. The highest BCUT2D eigenvalue weighted by Crippen LogP contribution is 2.18. The van der Waals surface area contributed by atoms with Crippen molar-refractivity contribution in [1.29, 1.82) is 0 Å². The summed E-state index contributed by atoms with van der Waals surface area (Å²) in [5, 5.41) is 4.00. The summed E-state index contributed by atoms with van der Waals surface area (Å²) in [6.07, 6.45) is 2.46. The van der Waals surface area contributed by atoms with E-state index in [1.165, 1.54) is 0 Å². The third-order valence-corrected chi connectivity index (χ3v) is 2.56. The Morgan fingerprint density at radius 1 is 1.36 bits per heavy atom. The Morgan fingerprint density at radius 2 is 2.14 bits per heavy atom. The average molecular weight is 211 g/mol. The minimum atomic E-state index is 0.327. The van der Waals surface area contributed by atoms with E-state index in [1.807, 2.05) is 12.1 Å². The Kier molecular flexibility index (Phi) is 3.27. The van der Waals surface area contributed by atoms with E-state index in [9.17, 15) is 0 Å². The third-order valence-electron chi connectivity index (χ3n) is 2.33. The lowest BCUT2D eigenvalue weighted by Crippen LogP contribution is -2.34. The molecule has 1 N–H and O–H groups in total. The van der Waals surface area contributed by atoms with Crippen molar-refractivity contribution in [2.24, 2.45) is 0 Å². The molecule has 0 unspecified atom stereocenters. The van der Waals surface area contributed by atoms with Crippen molar-refractivity contribution in [3.05, 3.63) is 29.3 Å². The van der Waals surface area contributed by atoms with Crippen LogP contribution in [-0.4, -0.2) is 19.2 Å². The fourth-order valence-corrected chi connectivity index (χ4v) is 1.68. The van der Waals surface area contributed by atoms with Gasteiger partial charge in [0.25, 0.3) is 0 Å². The van der Waals surface area contributed by atoms with E-state index in [4.69, 9.17) is 16.3 Å². The molecule has 1 fully saturated rings. The van der Waals surface area contributed by atoms with Gasteiger partial charge in [-0.25, -0.2) is 0 Å². The fraction of sp³-hybridized carbons (Fsp3) is 0.455. The van der Waals surface area contributed by atoms with Crippen LogP contribution >= 0.6 is 11.6 Å². The summed E-state index contributed by atoms with van der Waals surface area (Å²) in [5.74, 6) is 0.793. The van der Waals surface area contributed by atoms with Crippen molar-refractivity contribution in [1.82, 2.24) is 5.32 Å². The molecular formula is C11H13ClNO. The number of ether oxygens (including phenoxy) is 1. The normalized spacial score (nSPS) is 18.1. The monoisotopic (exact) mass is 210 g/mol. The molecule has 1 heterocycles. The maximum absolute atomic E-state index is 5.76. The number of halogens is 1. The Bertz CT molecular complexity index is 280. The predicted octanol–water partition coefficient (Wildman–Crippen LogP) is 2.27. The minimum absolute atomic E-state index is 0.327. The molecule has 1 saturated heterocycles. The van der Waals surface area contributed by atoms with Crippen LogP contribution in [0.2, 0.25) is 5.02 Å². The second-order valence-electron chi connectivity index (χ2n) is 3.44. The highest BCUT2D eigenvalue weighted by atomic mass is 35.5. The zero-order valence-electron chi connectivity index (χ0n) is 7.92. The molecule has 2 nitrogen and oxygen atoms in total. The van der Waals surface area contributed by atoms with E-state index in [0.29, 0.717) is 11.1 Å². The third kappa shape index (κ3) is 2.63. The van der Waals surface area contributed by atoms with Crippen molar-refractivity contribution >= 4 is 11.6 Å². The van der Waals surface area contributed by atoms with Gasteiger partial charge in [-0.3, -0.25) is 0 Å². The van der Waals surface area contributed by atoms with Gasteiger partial charge in [0.05, 0.1) is 0 Å². The van der Waals surface area contributed by atoms with Gasteiger partial charge in [-0.1, -0.05) is 11.6 Å². The van der Waals surface area contributed by atoms with Gasteiger partial charge in [0.15, 0.2) is 0 Å². The molecule has 75 valence electrons. The lowest BCUT2D eigenvalue weighted by Gasteiger charge is -2.23. The van der Waals surface area contributed by atoms with Crippen molar-refractivity contribution in [3.63, 3.8) is 0 Å². The summed E-state index contributed by atoms with van der Waals surface area (Å²) in [5.41, 5.74) is 0. The van der Waals surface area contributed by atoms with Crippen LogP contribution < -0.4 is 10.1 Å². The molecule has 1 aliphatic heterocycles. The van der Waals surface area contributed by atoms with Gasteiger partial charge in [0.2, 0.25) is 0 Å². The van der Waals surface area contributed by atoms with Crippen LogP contribution in [0.15, 0.2) is 18.2 Å². The first-order valence-electron chi connectivity index (χ1n) is 4.89. The van der Waals surface area contributed by atoms with Gasteiger partial charge in [0.1, 0.15) is 11.9 Å². The Hall–Kier alpha value is -0.730. The molecule has 0 spiro atoms. The van der Waals surface area contributed by atoms with Gasteiger partial charge < -0.3 is 10.1 Å². The zero-order chi connectivity index (χ0) is 9.80. The van der Waals surface area contributed by atoms with Gasteiger partial charge in [0, 0.05) is 11.1 Å². The molecule has 1 aliphatic rings. The SMILES string of the molecule is Clc1c[c]c(OC2CCNCC2)cc1. The number of rotatable bonds is 2. The molecule has 14 heavy (non-hydrogen) atoms. The van der Waals surface area contributed by atoms with Crippen molar-refractivity contribution in [2.75, 3.05) is 13.1 Å². The molecule has 0 aliphatic carbocycles. The van der Waals surface area contributed by atoms with E-state index >= 15 is 0 Å². The molecule has 0 amide bonds. The van der Waals surface area contributed by atoms with Crippen molar-refractivity contribution in [2.45, 2.75) is 18.9 Å². The number of hydrogen-bond acceptors (Lipinski definition) is 2. The van der Waals surface area contributed by atoms with E-state index in [1.54, 1.807) is 6.07 Å². The summed E-state index contributed by atoms with van der Waals surface area (Å²) in [6, 6.07) is 8.44. The summed E-state index contributed by atoms with van der Waals surface area (Å²) in [4.78, 5) is 0. The van der Waals surface area contributed by atoms with Crippen LogP contribution in [0.5, 0.6) is 5.75 Å². The van der Waals surface area contributed by atoms with Crippen LogP contribution in [0.25, 0.3) is 0 Å². The molecule has 0 aromatic heterocycles. The van der Waals surface area contributed by atoms with Crippen LogP contribution in [0, 0.1) is 6.07 Å². The molecular weight excluding hydrogens is 198 g/mol. The highest BCUT2D eigenvalue weighted by molar-refractivity contribution is 6.30. The average Bonchev–Trinajstić information content (AvgIpc) is 2.23. The zero-order valence-corrected chi connectivity index (χ0v) is 8.68. The van der Waals surface area contributed by atoms with Crippen LogP contribution in [-0.2, 0) is 0 Å². The Morgan fingerprint density at radius 3 is 2.79 bits per heavy atom. The minimum Gasteiger partial charge on any atom is -0.490 e. The molecule has 2 rings (SSSR count). The van der Waals surface area contributed by atoms with Gasteiger partial charge in [-0.15, -0.1) is 0 Å².